The van der Waals surface area contributed by atoms with Crippen molar-refractivity contribution < 1.29 is 34.0 Å². The van der Waals surface area contributed by atoms with Gasteiger partial charge in [-0.3, -0.25) is 9.59 Å². The predicted molar refractivity (Wildman–Crippen MR) is 154 cm³/mol. The Bertz CT molecular complexity index is 1500. The lowest BCUT2D eigenvalue weighted by Gasteiger charge is -2.59. The maximum Gasteiger partial charge on any atom is 0.193 e. The second-order valence-corrected chi connectivity index (χ2v) is 13.1. The second kappa shape index (κ2) is 9.61. The summed E-state index contributed by atoms with van der Waals surface area (Å²) < 4.78 is 19.3. The van der Waals surface area contributed by atoms with Gasteiger partial charge in [-0.15, -0.1) is 0 Å². The van der Waals surface area contributed by atoms with Gasteiger partial charge in [0.2, 0.25) is 0 Å². The van der Waals surface area contributed by atoms with Crippen LogP contribution in [0.25, 0.3) is 0 Å². The van der Waals surface area contributed by atoms with Gasteiger partial charge < -0.3 is 30.2 Å². The second-order valence-electron chi connectivity index (χ2n) is 13.1. The van der Waals surface area contributed by atoms with Crippen LogP contribution in [0, 0.1) is 28.6 Å². The zero-order valence-electron chi connectivity index (χ0n) is 23.9. The monoisotopic (exact) mass is 571 g/mol. The summed E-state index contributed by atoms with van der Waals surface area (Å²) in [6, 6.07) is 14.5. The SMILES string of the molecule is C[C@]12C=CC(=O)C=C1CC[C@@H]1[C@@H]2[C@@H](O)C[C@@]2(C)[C@H]1C[C@H]1O[C@H](c3cccc(Oc4ccc(N)cc4)c3)O[C@]12C(=O)CO. The first kappa shape index (κ1) is 27.5. The largest absolute Gasteiger partial charge is 0.457 e. The maximum atomic E-state index is 13.8. The van der Waals surface area contributed by atoms with E-state index in [4.69, 9.17) is 19.9 Å². The Balaban J connectivity index is 1.20. The molecule has 4 aliphatic carbocycles. The van der Waals surface area contributed by atoms with E-state index in [1.165, 1.54) is 0 Å². The van der Waals surface area contributed by atoms with Gasteiger partial charge in [-0.25, -0.2) is 0 Å². The average Bonchev–Trinajstić information content (AvgIpc) is 3.47. The van der Waals surface area contributed by atoms with Crippen molar-refractivity contribution in [2.75, 3.05) is 12.3 Å². The number of ketones is 2. The van der Waals surface area contributed by atoms with E-state index in [-0.39, 0.29) is 23.5 Å². The minimum atomic E-state index is -1.40. The van der Waals surface area contributed by atoms with Crippen LogP contribution >= 0.6 is 0 Å². The van der Waals surface area contributed by atoms with Crippen LogP contribution in [0.3, 0.4) is 0 Å². The number of rotatable bonds is 5. The number of carbonyl (C=O) groups is 2. The normalized spacial score (nSPS) is 40.0. The molecule has 42 heavy (non-hydrogen) atoms. The van der Waals surface area contributed by atoms with Crippen molar-refractivity contribution in [3.05, 3.63) is 77.9 Å². The van der Waals surface area contributed by atoms with Crippen LogP contribution in [0.2, 0.25) is 0 Å². The van der Waals surface area contributed by atoms with E-state index in [0.717, 1.165) is 18.4 Å². The quantitative estimate of drug-likeness (QED) is 0.442. The standard InChI is InChI=1S/C34H37NO7/c1-32-13-12-22(37)15-20(32)6-11-25-26-16-29-34(28(39)18-36,33(26,2)17-27(38)30(25)32)42-31(41-29)19-4-3-5-24(14-19)40-23-9-7-21(35)8-10-23/h3-5,7-10,12-15,25-27,29-31,36,38H,6,11,16-18,35H2,1-2H3/t25-,26-,27-,29+,30+,31-,32-,33-,34+/m0/s1. The minimum absolute atomic E-state index is 0.00488. The summed E-state index contributed by atoms with van der Waals surface area (Å²) in [5.74, 6) is 0.864. The van der Waals surface area contributed by atoms with Crippen molar-refractivity contribution >= 4 is 17.3 Å². The van der Waals surface area contributed by atoms with Crippen molar-refractivity contribution in [3.63, 3.8) is 0 Å². The zero-order valence-corrected chi connectivity index (χ0v) is 23.9. The van der Waals surface area contributed by atoms with Gasteiger partial charge in [-0.1, -0.05) is 37.6 Å². The lowest BCUT2D eigenvalue weighted by atomic mass is 9.46. The van der Waals surface area contributed by atoms with Gasteiger partial charge in [0, 0.05) is 28.0 Å². The first-order chi connectivity index (χ1) is 20.1. The number of aliphatic hydroxyl groups excluding tert-OH is 2. The lowest BCUT2D eigenvalue weighted by molar-refractivity contribution is -0.201. The Morgan fingerprint density at radius 1 is 1.14 bits per heavy atom. The molecule has 9 atom stereocenters. The molecular weight excluding hydrogens is 534 g/mol. The molecule has 0 amide bonds. The molecule has 8 nitrogen and oxygen atoms in total. The van der Waals surface area contributed by atoms with Crippen LogP contribution < -0.4 is 10.5 Å². The van der Waals surface area contributed by atoms with Crippen LogP contribution in [-0.4, -0.2) is 46.2 Å². The first-order valence-electron chi connectivity index (χ1n) is 14.8. The van der Waals surface area contributed by atoms with E-state index in [1.54, 1.807) is 36.4 Å². The number of allylic oxidation sites excluding steroid dienone is 4. The Labute approximate surface area is 245 Å². The molecule has 0 bridgehead atoms. The van der Waals surface area contributed by atoms with E-state index in [0.29, 0.717) is 35.6 Å². The molecular formula is C34H37NO7. The van der Waals surface area contributed by atoms with E-state index in [1.807, 2.05) is 37.3 Å². The molecule has 4 fully saturated rings. The molecule has 0 spiro atoms. The number of nitrogens with two attached hydrogens (primary N) is 1. The van der Waals surface area contributed by atoms with Crippen LogP contribution in [-0.2, 0) is 19.1 Å². The Kier molecular flexibility index (Phi) is 6.30. The Morgan fingerprint density at radius 2 is 1.93 bits per heavy atom. The number of anilines is 1. The van der Waals surface area contributed by atoms with Crippen LogP contribution in [0.15, 0.2) is 72.3 Å². The van der Waals surface area contributed by atoms with Crippen molar-refractivity contribution in [1.29, 1.82) is 0 Å². The predicted octanol–water partition coefficient (Wildman–Crippen LogP) is 4.66. The summed E-state index contributed by atoms with van der Waals surface area (Å²) in [6.45, 7) is 3.48. The molecule has 0 aromatic heterocycles. The molecule has 8 heteroatoms. The summed E-state index contributed by atoms with van der Waals surface area (Å²) >= 11 is 0. The molecule has 4 N–H and O–H groups in total. The summed E-state index contributed by atoms with van der Waals surface area (Å²) in [6.07, 6.45) is 5.71. The van der Waals surface area contributed by atoms with Crippen molar-refractivity contribution in [3.8, 4) is 11.5 Å². The molecule has 220 valence electrons. The van der Waals surface area contributed by atoms with Crippen LogP contribution in [0.5, 0.6) is 11.5 Å². The van der Waals surface area contributed by atoms with Gasteiger partial charge in [0.05, 0.1) is 12.2 Å². The van der Waals surface area contributed by atoms with E-state index in [9.17, 15) is 19.8 Å². The number of Topliss-reactive ketones (excluding diaryl/α,β-unsaturated/α-hetero) is 1. The van der Waals surface area contributed by atoms with E-state index in [2.05, 4.69) is 6.92 Å². The molecule has 5 aliphatic rings. The summed E-state index contributed by atoms with van der Waals surface area (Å²) in [5.41, 5.74) is 5.65. The molecule has 7 rings (SSSR count). The molecule has 2 aromatic carbocycles. The smallest absolute Gasteiger partial charge is 0.193 e. The number of hydrogen-bond acceptors (Lipinski definition) is 8. The fraction of sp³-hybridized carbons (Fsp3) is 0.471. The highest BCUT2D eigenvalue weighted by molar-refractivity contribution is 6.01. The number of benzene rings is 2. The summed E-state index contributed by atoms with van der Waals surface area (Å²) in [4.78, 5) is 25.9. The Morgan fingerprint density at radius 3 is 2.69 bits per heavy atom. The molecule has 2 aromatic rings. The van der Waals surface area contributed by atoms with Gasteiger partial charge in [0.15, 0.2) is 23.5 Å². The highest BCUT2D eigenvalue weighted by atomic mass is 16.7. The topological polar surface area (TPSA) is 128 Å². The van der Waals surface area contributed by atoms with Crippen LogP contribution in [0.1, 0.15) is 51.4 Å². The number of nitrogen functional groups attached to an aromatic ring is 1. The van der Waals surface area contributed by atoms with Crippen molar-refractivity contribution in [2.45, 2.75) is 63.6 Å². The molecule has 1 saturated heterocycles. The van der Waals surface area contributed by atoms with Gasteiger partial charge >= 0.3 is 0 Å². The summed E-state index contributed by atoms with van der Waals surface area (Å²) in [5, 5.41) is 22.0. The average molecular weight is 572 g/mol. The molecule has 1 aliphatic heterocycles. The van der Waals surface area contributed by atoms with Gasteiger partial charge in [-0.05, 0) is 86.1 Å². The fourth-order valence-electron chi connectivity index (χ4n) is 9.23. The highest BCUT2D eigenvalue weighted by Crippen LogP contribution is 2.70. The van der Waals surface area contributed by atoms with E-state index < -0.39 is 47.3 Å². The van der Waals surface area contributed by atoms with Gasteiger partial charge in [0.25, 0.3) is 0 Å². The van der Waals surface area contributed by atoms with Gasteiger partial charge in [0.1, 0.15) is 18.1 Å². The van der Waals surface area contributed by atoms with E-state index >= 15 is 0 Å². The molecule has 1 heterocycles. The number of fused-ring (bicyclic) bond motifs is 7. The number of ether oxygens (including phenoxy) is 3. The molecule has 3 saturated carbocycles. The lowest BCUT2D eigenvalue weighted by Crippen LogP contribution is -2.63. The first-order valence-corrected chi connectivity index (χ1v) is 14.8. The third-order valence-corrected chi connectivity index (χ3v) is 11.0. The van der Waals surface area contributed by atoms with Crippen molar-refractivity contribution in [2.24, 2.45) is 28.6 Å². The number of aliphatic hydroxyl groups is 2. The number of carbonyl (C=O) groups excluding carboxylic acids is 2. The zero-order chi connectivity index (χ0) is 29.4. The fourth-order valence-corrected chi connectivity index (χ4v) is 9.23. The third kappa shape index (κ3) is 3.82. The Hall–Kier alpha value is -3.30. The summed E-state index contributed by atoms with van der Waals surface area (Å²) in [7, 11) is 0. The van der Waals surface area contributed by atoms with Crippen LogP contribution in [0.4, 0.5) is 5.69 Å². The third-order valence-electron chi connectivity index (χ3n) is 11.0. The van der Waals surface area contributed by atoms with Crippen molar-refractivity contribution in [1.82, 2.24) is 0 Å². The minimum Gasteiger partial charge on any atom is -0.457 e. The molecule has 0 unspecified atom stereocenters. The maximum absolute atomic E-state index is 13.8. The van der Waals surface area contributed by atoms with Gasteiger partial charge in [-0.2, -0.15) is 0 Å². The highest BCUT2D eigenvalue weighted by Gasteiger charge is 2.75. The number of hydrogen-bond donors (Lipinski definition) is 3. The molecule has 0 radical (unpaired) electrons.